The van der Waals surface area contributed by atoms with Crippen molar-refractivity contribution in [2.45, 2.75) is 125 Å². The first kappa shape index (κ1) is 55.9. The number of rotatable bonds is 24. The van der Waals surface area contributed by atoms with Crippen molar-refractivity contribution in [3.8, 4) is 0 Å². The van der Waals surface area contributed by atoms with Gasteiger partial charge in [0.1, 0.15) is 39.3 Å². The van der Waals surface area contributed by atoms with Crippen LogP contribution in [-0.2, 0) is 51.3 Å². The lowest BCUT2D eigenvalue weighted by Crippen LogP contribution is -2.50. The number of nitrogens with zero attached hydrogens (tertiary/aromatic N) is 6. The molecule has 3 atom stereocenters. The van der Waals surface area contributed by atoms with Gasteiger partial charge in [0.15, 0.2) is 0 Å². The molecule has 0 saturated carbocycles. The normalized spacial score (nSPS) is 15.5. The summed E-state index contributed by atoms with van der Waals surface area (Å²) in [7, 11) is 0. The van der Waals surface area contributed by atoms with Crippen LogP contribution in [0.5, 0.6) is 0 Å². The highest BCUT2D eigenvalue weighted by Gasteiger charge is 2.38. The molecule has 0 aromatic carbocycles. The van der Waals surface area contributed by atoms with Crippen LogP contribution in [0, 0.1) is 13.8 Å². The van der Waals surface area contributed by atoms with Gasteiger partial charge in [-0.25, -0.2) is 4.98 Å². The van der Waals surface area contributed by atoms with E-state index in [1.165, 1.54) is 0 Å². The molecule has 0 radical (unpaired) electrons. The number of carboxylic acid groups (broad SMARTS) is 4. The quantitative estimate of drug-likeness (QED) is 0.0571. The van der Waals surface area contributed by atoms with E-state index in [1.54, 1.807) is 4.90 Å². The second-order valence-electron chi connectivity index (χ2n) is 19.3. The summed E-state index contributed by atoms with van der Waals surface area (Å²) >= 11 is 0. The molecule has 21 nitrogen and oxygen atoms in total. The molecule has 3 aromatic heterocycles. The van der Waals surface area contributed by atoms with Gasteiger partial charge in [0.2, 0.25) is 17.7 Å². The number of aryl methyl sites for hydroxylation is 3. The summed E-state index contributed by atoms with van der Waals surface area (Å²) in [6.07, 6.45) is 3.49. The van der Waals surface area contributed by atoms with E-state index in [2.05, 4.69) is 30.7 Å². The van der Waals surface area contributed by atoms with Crippen LogP contribution < -0.4 is 0 Å². The lowest BCUT2D eigenvalue weighted by atomic mass is 9.84. The Balaban J connectivity index is 1.55. The maximum absolute atomic E-state index is 14.6. The number of aliphatic carboxylic acids is 4. The van der Waals surface area contributed by atoms with Crippen LogP contribution in [0.25, 0.3) is 33.2 Å². The number of carbonyl (C=O) groups excluding carboxylic acids is 4. The van der Waals surface area contributed by atoms with E-state index in [9.17, 15) is 58.8 Å². The van der Waals surface area contributed by atoms with Crippen molar-refractivity contribution < 1.29 is 63.5 Å². The molecule has 6 rings (SSSR count). The molecule has 3 aromatic rings. The van der Waals surface area contributed by atoms with Crippen molar-refractivity contribution in [1.29, 1.82) is 0 Å². The zero-order valence-corrected chi connectivity index (χ0v) is 43.4. The fourth-order valence-corrected chi connectivity index (χ4v) is 10.1. The molecule has 0 saturated heterocycles. The number of aromatic nitrogens is 4. The Labute approximate surface area is 428 Å². The third-order valence-corrected chi connectivity index (χ3v) is 14.1. The van der Waals surface area contributed by atoms with Crippen molar-refractivity contribution >= 4 is 80.7 Å². The van der Waals surface area contributed by atoms with Crippen LogP contribution in [0.15, 0.2) is 18.2 Å². The number of hydrogen-bond acceptors (Lipinski definition) is 11. The van der Waals surface area contributed by atoms with E-state index < -0.39 is 92.7 Å². The molecule has 6 N–H and O–H groups in total. The van der Waals surface area contributed by atoms with Gasteiger partial charge in [-0.15, -0.1) is 0 Å². The lowest BCUT2D eigenvalue weighted by molar-refractivity contribution is -0.153. The fourth-order valence-electron chi connectivity index (χ4n) is 10.1. The number of hydrogen-bond donors (Lipinski definition) is 6. The molecule has 74 heavy (non-hydrogen) atoms. The van der Waals surface area contributed by atoms with Gasteiger partial charge in [-0.3, -0.25) is 43.3 Å². The van der Waals surface area contributed by atoms with Crippen LogP contribution in [-0.4, -0.2) is 166 Å². The highest BCUT2D eigenvalue weighted by molar-refractivity contribution is 6.07. The lowest BCUT2D eigenvalue weighted by Gasteiger charge is -2.29. The summed E-state index contributed by atoms with van der Waals surface area (Å²) in [6, 6.07) is 6.00. The Morgan fingerprint density at radius 1 is 0.730 bits per heavy atom. The SMILES string of the molecule is CCCCOC(C)C1=C(C)c2cc3nc(c4c5[nH]c(cc6[nH]c(cc1n2)c(C)c6CC)c(C)c5C(=O)N(CCCC)C4)[C@@H](CCC(=O)N(CC(=O)N(CC(=O)O)CC(=O)O)CC(=O)N(CC(=O)O)CC(=O)O)[C@@H]3C. The molecule has 3 aliphatic heterocycles. The van der Waals surface area contributed by atoms with Crippen LogP contribution in [0.1, 0.15) is 147 Å². The third-order valence-electron chi connectivity index (χ3n) is 14.1. The first-order valence-electron chi connectivity index (χ1n) is 25.2. The summed E-state index contributed by atoms with van der Waals surface area (Å²) in [5.74, 6) is -10.4. The van der Waals surface area contributed by atoms with Gasteiger partial charge in [-0.2, -0.15) is 0 Å². The van der Waals surface area contributed by atoms with Gasteiger partial charge in [0.25, 0.3) is 5.91 Å². The topological polar surface area (TPSA) is 297 Å². The number of amides is 4. The number of H-pyrrole nitrogens is 2. The van der Waals surface area contributed by atoms with Gasteiger partial charge in [-0.05, 0) is 93.8 Å². The molecule has 3 aliphatic rings. The summed E-state index contributed by atoms with van der Waals surface area (Å²) in [6.45, 7) is 11.2. The molecule has 0 spiro atoms. The van der Waals surface area contributed by atoms with Crippen LogP contribution in [0.4, 0.5) is 0 Å². The maximum Gasteiger partial charge on any atom is 0.323 e. The summed E-state index contributed by atoms with van der Waals surface area (Å²) < 4.78 is 6.40. The van der Waals surface area contributed by atoms with Gasteiger partial charge < -0.3 is 54.7 Å². The number of allylic oxidation sites excluding steroid dienone is 1. The first-order chi connectivity index (χ1) is 35.1. The minimum Gasteiger partial charge on any atom is -0.480 e. The standard InChI is InChI=1S/C53H68N8O13/c1-9-12-16-58-21-35-51-34(14-15-42(62)59(22-43(63)60(24-45(65)66)25-46(67)68)23-44(64)61(26-47(69)70)27-48(71)72)29(5)37(56-51)18-38-30(6)49(32(8)74-17-13-10-2)41(55-38)20-36-28(4)33(11-3)40(54-36)19-39-31(7)50(53(58)73)52(35)57-39/h18-20,29,32,34,54,57H,9-17,21-27H2,1-8H3,(H,65,66)(H,67,68)(H,69,70)(H,71,72)/t29-,32?,34-/m0/s1. The second-order valence-corrected chi connectivity index (χ2v) is 19.3. The van der Waals surface area contributed by atoms with Gasteiger partial charge in [0, 0.05) is 71.3 Å². The summed E-state index contributed by atoms with van der Waals surface area (Å²) in [4.78, 5) is 125. The molecule has 398 valence electrons. The molecule has 4 amide bonds. The number of carbonyl (C=O) groups is 8. The van der Waals surface area contributed by atoms with Crippen LogP contribution in [0.3, 0.4) is 0 Å². The number of fused-ring (bicyclic) bond motifs is 8. The minimum absolute atomic E-state index is 0.0432. The van der Waals surface area contributed by atoms with E-state index in [0.29, 0.717) is 51.1 Å². The predicted octanol–water partition coefficient (Wildman–Crippen LogP) is 5.88. The van der Waals surface area contributed by atoms with Gasteiger partial charge in [-0.1, -0.05) is 40.5 Å². The molecular formula is C53H68N8O13. The average Bonchev–Trinajstić information content (AvgIpc) is 4.02. The Bertz CT molecular complexity index is 2860. The van der Waals surface area contributed by atoms with E-state index in [-0.39, 0.29) is 31.4 Å². The number of aromatic amines is 2. The highest BCUT2D eigenvalue weighted by Crippen LogP contribution is 2.45. The number of ether oxygens (including phenoxy) is 1. The monoisotopic (exact) mass is 1020 g/mol. The molecule has 0 aliphatic carbocycles. The zero-order chi connectivity index (χ0) is 54.3. The molecule has 21 heteroatoms. The highest BCUT2D eigenvalue weighted by atomic mass is 16.5. The van der Waals surface area contributed by atoms with Crippen molar-refractivity contribution in [2.75, 3.05) is 52.4 Å². The second kappa shape index (κ2) is 24.1. The third kappa shape index (κ3) is 12.5. The van der Waals surface area contributed by atoms with E-state index >= 15 is 0 Å². The minimum atomic E-state index is -1.55. The Morgan fingerprint density at radius 3 is 1.85 bits per heavy atom. The van der Waals surface area contributed by atoms with Crippen LogP contribution in [0.2, 0.25) is 0 Å². The molecule has 1 unspecified atom stereocenters. The Morgan fingerprint density at radius 2 is 1.30 bits per heavy atom. The van der Waals surface area contributed by atoms with Crippen LogP contribution >= 0.6 is 0 Å². The Hall–Kier alpha value is -7.42. The smallest absolute Gasteiger partial charge is 0.323 e. The van der Waals surface area contributed by atoms with Crippen molar-refractivity contribution in [3.05, 3.63) is 68.8 Å². The van der Waals surface area contributed by atoms with Crippen molar-refractivity contribution in [1.82, 2.24) is 39.5 Å². The van der Waals surface area contributed by atoms with Gasteiger partial charge in [0.05, 0.1) is 34.3 Å². The number of carboxylic acids is 4. The van der Waals surface area contributed by atoms with E-state index in [4.69, 9.17) is 14.7 Å². The van der Waals surface area contributed by atoms with Crippen molar-refractivity contribution in [3.63, 3.8) is 0 Å². The van der Waals surface area contributed by atoms with E-state index in [0.717, 1.165) is 92.6 Å². The van der Waals surface area contributed by atoms with E-state index in [1.807, 2.05) is 52.8 Å². The zero-order valence-electron chi connectivity index (χ0n) is 43.4. The number of unbranched alkanes of at least 4 members (excludes halogenated alkanes) is 2. The average molecular weight is 1030 g/mol. The molecule has 8 bridgehead atoms. The Kier molecular flexibility index (Phi) is 18.2. The molecule has 6 heterocycles. The largest absolute Gasteiger partial charge is 0.480 e. The van der Waals surface area contributed by atoms with Gasteiger partial charge >= 0.3 is 23.9 Å². The summed E-state index contributed by atoms with van der Waals surface area (Å²) in [5.41, 5.74) is 11.6. The molecular weight excluding hydrogens is 957 g/mol. The maximum atomic E-state index is 14.6. The summed E-state index contributed by atoms with van der Waals surface area (Å²) in [5, 5.41) is 38.0. The fraction of sp³-hybridized carbons (Fsp3) is 0.509. The first-order valence-corrected chi connectivity index (χ1v) is 25.2. The number of nitrogens with one attached hydrogen (secondary N) is 2. The predicted molar refractivity (Wildman–Crippen MR) is 273 cm³/mol. The molecule has 0 fully saturated rings. The van der Waals surface area contributed by atoms with Crippen molar-refractivity contribution in [2.24, 2.45) is 0 Å².